The fourth-order valence-corrected chi connectivity index (χ4v) is 4.83. The minimum atomic E-state index is -4.96. The Balaban J connectivity index is 1.74. The highest BCUT2D eigenvalue weighted by Gasteiger charge is 2.38. The van der Waals surface area contributed by atoms with Gasteiger partial charge in [0.25, 0.3) is 0 Å². The third-order valence-electron chi connectivity index (χ3n) is 5.06. The van der Waals surface area contributed by atoms with E-state index in [0.29, 0.717) is 22.3 Å². The SMILES string of the molecule is COC(=O)c1ccc(-c2ccc(S(=O)(=O)c3ccc(CCNC(=O)C(F)(F)F)cc3)cc2Cl)cc1. The van der Waals surface area contributed by atoms with Crippen LogP contribution in [0.1, 0.15) is 15.9 Å². The van der Waals surface area contributed by atoms with Crippen LogP contribution in [0.15, 0.2) is 76.5 Å². The molecule has 3 aromatic rings. The lowest BCUT2D eigenvalue weighted by Crippen LogP contribution is -2.37. The van der Waals surface area contributed by atoms with Gasteiger partial charge in [0, 0.05) is 17.1 Å². The Kier molecular flexibility index (Phi) is 7.86. The summed E-state index contributed by atoms with van der Waals surface area (Å²) in [6.45, 7) is -0.248. The molecule has 0 fully saturated rings. The number of alkyl halides is 3. The maximum atomic E-state index is 13.0. The molecule has 3 rings (SSSR count). The molecule has 0 atom stereocenters. The number of hydrogen-bond donors (Lipinski definition) is 1. The maximum Gasteiger partial charge on any atom is 0.471 e. The van der Waals surface area contributed by atoms with E-state index in [0.717, 1.165) is 0 Å². The summed E-state index contributed by atoms with van der Waals surface area (Å²) in [7, 11) is -2.64. The van der Waals surface area contributed by atoms with Crippen molar-refractivity contribution in [3.63, 3.8) is 0 Å². The molecule has 0 unspecified atom stereocenters. The second-order valence-electron chi connectivity index (χ2n) is 7.36. The molecule has 0 bridgehead atoms. The Labute approximate surface area is 204 Å². The van der Waals surface area contributed by atoms with E-state index in [1.165, 1.54) is 43.5 Å². The summed E-state index contributed by atoms with van der Waals surface area (Å²) in [5, 5.41) is 1.95. The van der Waals surface area contributed by atoms with Crippen molar-refractivity contribution in [2.75, 3.05) is 13.7 Å². The molecule has 0 saturated heterocycles. The lowest BCUT2D eigenvalue weighted by Gasteiger charge is -2.10. The minimum absolute atomic E-state index is 0.0215. The van der Waals surface area contributed by atoms with Gasteiger partial charge < -0.3 is 10.1 Å². The third-order valence-corrected chi connectivity index (χ3v) is 7.14. The van der Waals surface area contributed by atoms with Gasteiger partial charge in [-0.2, -0.15) is 13.2 Å². The van der Waals surface area contributed by atoms with Gasteiger partial charge in [-0.1, -0.05) is 41.9 Å². The fraction of sp³-hybridized carbons (Fsp3) is 0.167. The molecular formula is C24H19ClF3NO5S. The standard InChI is InChI=1S/C24H19ClF3NO5S/c1-34-22(30)17-6-4-16(5-7-17)20-11-10-19(14-21(20)25)35(32,33)18-8-2-15(3-9-18)12-13-29-23(31)24(26,27)28/h2-11,14H,12-13H2,1H3,(H,29,31). The van der Waals surface area contributed by atoms with Crippen LogP contribution in [0.4, 0.5) is 13.2 Å². The van der Waals surface area contributed by atoms with Crippen molar-refractivity contribution in [1.82, 2.24) is 5.32 Å². The lowest BCUT2D eigenvalue weighted by atomic mass is 10.0. The molecule has 0 heterocycles. The zero-order chi connectivity index (χ0) is 25.8. The maximum absolute atomic E-state index is 13.0. The van der Waals surface area contributed by atoms with Crippen LogP contribution in [0, 0.1) is 0 Å². The average molecular weight is 526 g/mol. The topological polar surface area (TPSA) is 89.5 Å². The highest BCUT2D eigenvalue weighted by molar-refractivity contribution is 7.91. The second kappa shape index (κ2) is 10.5. The van der Waals surface area contributed by atoms with Gasteiger partial charge in [0.1, 0.15) is 0 Å². The highest BCUT2D eigenvalue weighted by Crippen LogP contribution is 2.32. The largest absolute Gasteiger partial charge is 0.471 e. The average Bonchev–Trinajstić information content (AvgIpc) is 2.83. The van der Waals surface area contributed by atoms with Crippen molar-refractivity contribution < 1.29 is 35.9 Å². The second-order valence-corrected chi connectivity index (χ2v) is 9.72. The fourth-order valence-electron chi connectivity index (χ4n) is 3.19. The molecule has 0 aliphatic heterocycles. The van der Waals surface area contributed by atoms with E-state index in [1.54, 1.807) is 35.6 Å². The Hall–Kier alpha value is -3.37. The van der Waals surface area contributed by atoms with E-state index in [1.807, 2.05) is 0 Å². The molecule has 0 saturated carbocycles. The van der Waals surface area contributed by atoms with E-state index in [4.69, 9.17) is 11.6 Å². The van der Waals surface area contributed by atoms with Crippen LogP contribution in [0.2, 0.25) is 5.02 Å². The molecule has 35 heavy (non-hydrogen) atoms. The molecule has 184 valence electrons. The first kappa shape index (κ1) is 26.2. The predicted molar refractivity (Wildman–Crippen MR) is 123 cm³/mol. The van der Waals surface area contributed by atoms with Crippen molar-refractivity contribution in [2.24, 2.45) is 0 Å². The van der Waals surface area contributed by atoms with Crippen LogP contribution in [0.5, 0.6) is 0 Å². The number of sulfone groups is 1. The Morgan fingerprint density at radius 3 is 2.09 bits per heavy atom. The van der Waals surface area contributed by atoms with Crippen LogP contribution in [-0.4, -0.2) is 40.1 Å². The summed E-state index contributed by atoms with van der Waals surface area (Å²) in [4.78, 5) is 22.4. The van der Waals surface area contributed by atoms with Crippen LogP contribution in [0.25, 0.3) is 11.1 Å². The number of carbonyl (C=O) groups is 2. The molecule has 3 aromatic carbocycles. The number of halogens is 4. The molecule has 11 heteroatoms. The number of carbonyl (C=O) groups excluding carboxylic acids is 2. The quantitative estimate of drug-likeness (QED) is 0.446. The first-order valence-electron chi connectivity index (χ1n) is 10.1. The molecule has 1 amide bonds. The molecule has 0 aliphatic rings. The van der Waals surface area contributed by atoms with E-state index in [9.17, 15) is 31.2 Å². The predicted octanol–water partition coefficient (Wildman–Crippen LogP) is 4.85. The first-order valence-corrected chi connectivity index (χ1v) is 12.0. The Morgan fingerprint density at radius 2 is 1.54 bits per heavy atom. The van der Waals surface area contributed by atoms with Crippen molar-refractivity contribution in [3.8, 4) is 11.1 Å². The number of esters is 1. The van der Waals surface area contributed by atoms with Crippen LogP contribution >= 0.6 is 11.6 Å². The van der Waals surface area contributed by atoms with E-state index in [-0.39, 0.29) is 27.8 Å². The number of amides is 1. The summed E-state index contributed by atoms with van der Waals surface area (Å²) in [6, 6.07) is 16.3. The number of methoxy groups -OCH3 is 1. The van der Waals surface area contributed by atoms with Gasteiger partial charge in [0.05, 0.1) is 22.5 Å². The van der Waals surface area contributed by atoms with Gasteiger partial charge in [-0.05, 0) is 53.9 Å². The van der Waals surface area contributed by atoms with Crippen molar-refractivity contribution in [3.05, 3.63) is 82.9 Å². The summed E-state index contributed by atoms with van der Waals surface area (Å²) >= 11 is 6.36. The van der Waals surface area contributed by atoms with Crippen molar-refractivity contribution in [1.29, 1.82) is 0 Å². The van der Waals surface area contributed by atoms with E-state index in [2.05, 4.69) is 4.74 Å². The lowest BCUT2D eigenvalue weighted by molar-refractivity contribution is -0.173. The summed E-state index contributed by atoms with van der Waals surface area (Å²) in [5.41, 5.74) is 2.15. The summed E-state index contributed by atoms with van der Waals surface area (Å²) in [5.74, 6) is -2.52. The van der Waals surface area contributed by atoms with Crippen molar-refractivity contribution >= 4 is 33.3 Å². The van der Waals surface area contributed by atoms with Gasteiger partial charge in [0.15, 0.2) is 0 Å². The molecule has 6 nitrogen and oxygen atoms in total. The van der Waals surface area contributed by atoms with Gasteiger partial charge >= 0.3 is 18.1 Å². The third kappa shape index (κ3) is 6.20. The van der Waals surface area contributed by atoms with Gasteiger partial charge in [-0.15, -0.1) is 0 Å². The first-order chi connectivity index (χ1) is 16.4. The number of ether oxygens (including phenoxy) is 1. The number of rotatable bonds is 7. The number of nitrogens with one attached hydrogen (secondary N) is 1. The molecule has 0 aromatic heterocycles. The summed E-state index contributed by atoms with van der Waals surface area (Å²) in [6.07, 6.45) is -4.86. The number of benzene rings is 3. The van der Waals surface area contributed by atoms with Gasteiger partial charge in [-0.3, -0.25) is 4.79 Å². The normalized spacial score (nSPS) is 11.7. The molecule has 0 radical (unpaired) electrons. The van der Waals surface area contributed by atoms with Crippen LogP contribution in [-0.2, 0) is 25.8 Å². The molecule has 1 N–H and O–H groups in total. The molecule has 0 aliphatic carbocycles. The number of hydrogen-bond acceptors (Lipinski definition) is 5. The Morgan fingerprint density at radius 1 is 0.943 bits per heavy atom. The van der Waals surface area contributed by atoms with Gasteiger partial charge in [-0.25, -0.2) is 13.2 Å². The van der Waals surface area contributed by atoms with E-state index >= 15 is 0 Å². The monoisotopic (exact) mass is 525 g/mol. The smallest absolute Gasteiger partial charge is 0.465 e. The molecular weight excluding hydrogens is 507 g/mol. The van der Waals surface area contributed by atoms with Gasteiger partial charge in [0.2, 0.25) is 9.84 Å². The van der Waals surface area contributed by atoms with Crippen LogP contribution in [0.3, 0.4) is 0 Å². The highest BCUT2D eigenvalue weighted by atomic mass is 35.5. The molecule has 0 spiro atoms. The van der Waals surface area contributed by atoms with Crippen LogP contribution < -0.4 is 5.32 Å². The Bertz CT molecular complexity index is 1340. The zero-order valence-corrected chi connectivity index (χ0v) is 19.8. The van der Waals surface area contributed by atoms with Crippen molar-refractivity contribution in [2.45, 2.75) is 22.4 Å². The minimum Gasteiger partial charge on any atom is -0.465 e. The summed E-state index contributed by atoms with van der Waals surface area (Å²) < 4.78 is 67.4. The zero-order valence-electron chi connectivity index (χ0n) is 18.2. The van der Waals surface area contributed by atoms with E-state index < -0.39 is 27.9 Å².